The van der Waals surface area contributed by atoms with E-state index in [1.807, 2.05) is 30.3 Å². The zero-order valence-electron chi connectivity index (χ0n) is 17.0. The van der Waals surface area contributed by atoms with Gasteiger partial charge in [0.05, 0.1) is 17.5 Å². The molecule has 28 heavy (non-hydrogen) atoms. The molecule has 4 fully saturated rings. The van der Waals surface area contributed by atoms with E-state index in [1.165, 1.54) is 11.3 Å². The summed E-state index contributed by atoms with van der Waals surface area (Å²) in [4.78, 5) is 28.4. The molecule has 5 rings (SSSR count). The molecule has 1 aromatic carbocycles. The van der Waals surface area contributed by atoms with Gasteiger partial charge in [-0.25, -0.2) is 0 Å². The van der Waals surface area contributed by atoms with E-state index in [4.69, 9.17) is 11.6 Å². The van der Waals surface area contributed by atoms with E-state index in [1.54, 1.807) is 0 Å². The third kappa shape index (κ3) is 2.85. The summed E-state index contributed by atoms with van der Waals surface area (Å²) < 4.78 is 0. The van der Waals surface area contributed by atoms with Crippen molar-refractivity contribution in [3.05, 3.63) is 42.5 Å². The molecule has 1 aliphatic heterocycles. The number of amides is 2. The first kappa shape index (κ1) is 19.7. The van der Waals surface area contributed by atoms with E-state index in [0.29, 0.717) is 41.2 Å². The van der Waals surface area contributed by atoms with Crippen LogP contribution in [0.15, 0.2) is 42.5 Å². The van der Waals surface area contributed by atoms with Crippen LogP contribution in [0.4, 0.5) is 5.69 Å². The molecule has 0 aromatic heterocycles. The Kier molecular flexibility index (Phi) is 4.94. The lowest BCUT2D eigenvalue weighted by Crippen LogP contribution is -2.57. The molecule has 3 nitrogen and oxygen atoms in total. The zero-order chi connectivity index (χ0) is 20.2. The van der Waals surface area contributed by atoms with Crippen molar-refractivity contribution in [1.29, 1.82) is 0 Å². The van der Waals surface area contributed by atoms with Crippen molar-refractivity contribution in [1.82, 2.24) is 0 Å². The maximum atomic E-state index is 13.6. The van der Waals surface area contributed by atoms with Crippen LogP contribution in [-0.2, 0) is 9.59 Å². The summed E-state index contributed by atoms with van der Waals surface area (Å²) in [6.45, 7) is 11.0. The number of allylic oxidation sites excluding steroid dienone is 1. The van der Waals surface area contributed by atoms with Gasteiger partial charge in [-0.05, 0) is 60.5 Å². The molecule has 3 saturated carbocycles. The molecule has 2 unspecified atom stereocenters. The number of rotatable bonds is 5. The number of halogens is 1. The highest BCUT2D eigenvalue weighted by atomic mass is 35.5. The minimum atomic E-state index is -0.341. The molecule has 4 aliphatic rings. The lowest BCUT2D eigenvalue weighted by atomic mass is 9.42. The van der Waals surface area contributed by atoms with Gasteiger partial charge in [-0.1, -0.05) is 51.1 Å². The average molecular weight is 400 g/mol. The second kappa shape index (κ2) is 7.02. The summed E-state index contributed by atoms with van der Waals surface area (Å²) in [6.07, 6.45) is 2.81. The Morgan fingerprint density at radius 1 is 1.18 bits per heavy atom. The van der Waals surface area contributed by atoms with Gasteiger partial charge in [0.2, 0.25) is 11.8 Å². The highest BCUT2D eigenvalue weighted by molar-refractivity contribution is 6.22. The maximum Gasteiger partial charge on any atom is 0.238 e. The smallest absolute Gasteiger partial charge is 0.238 e. The first-order valence-electron chi connectivity index (χ1n) is 10.4. The van der Waals surface area contributed by atoms with Crippen LogP contribution in [0.2, 0.25) is 0 Å². The Labute approximate surface area is 173 Å². The molecular formula is C24H30ClNO2. The number of imide groups is 1. The van der Waals surface area contributed by atoms with Gasteiger partial charge in [-0.3, -0.25) is 14.5 Å². The monoisotopic (exact) mass is 399 g/mol. The van der Waals surface area contributed by atoms with E-state index < -0.39 is 0 Å². The molecule has 6 atom stereocenters. The first-order chi connectivity index (χ1) is 13.3. The topological polar surface area (TPSA) is 37.4 Å². The largest absolute Gasteiger partial charge is 0.274 e. The summed E-state index contributed by atoms with van der Waals surface area (Å²) in [5, 5.41) is 0. The number of para-hydroxylation sites is 1. The molecule has 1 heterocycles. The first-order valence-corrected chi connectivity index (χ1v) is 11.0. The Morgan fingerprint density at radius 2 is 1.86 bits per heavy atom. The number of hydrogen-bond donors (Lipinski definition) is 0. The molecule has 2 amide bonds. The van der Waals surface area contributed by atoms with Crippen LogP contribution in [0.5, 0.6) is 0 Å². The third-order valence-corrected chi connectivity index (χ3v) is 8.44. The highest BCUT2D eigenvalue weighted by Gasteiger charge is 2.61. The number of alkyl halides is 1. The minimum absolute atomic E-state index is 0.0282. The Morgan fingerprint density at radius 3 is 2.43 bits per heavy atom. The molecule has 150 valence electrons. The molecule has 1 saturated heterocycles. The number of carbonyl (C=O) groups is 2. The molecule has 4 heteroatoms. The van der Waals surface area contributed by atoms with Gasteiger partial charge in [0, 0.05) is 5.88 Å². The Bertz CT molecular complexity index is 802. The number of fused-ring (bicyclic) bond motifs is 2. The van der Waals surface area contributed by atoms with Gasteiger partial charge < -0.3 is 0 Å². The van der Waals surface area contributed by atoms with Crippen molar-refractivity contribution in [2.45, 2.75) is 40.0 Å². The SMILES string of the molecule is C=C(CCl)CC1C(=O)N(c2ccccc2)C(=O)C1[C@@H]1C[C@@H]2C[C@H]([C@H]1C)C2(C)C. The van der Waals surface area contributed by atoms with Crippen molar-refractivity contribution < 1.29 is 9.59 Å². The summed E-state index contributed by atoms with van der Waals surface area (Å²) in [5.41, 5.74) is 1.87. The molecule has 0 radical (unpaired) electrons. The molecule has 1 aromatic rings. The third-order valence-electron chi connectivity index (χ3n) is 8.06. The second-order valence-electron chi connectivity index (χ2n) is 9.69. The normalized spacial score (nSPS) is 36.4. The van der Waals surface area contributed by atoms with Crippen molar-refractivity contribution in [2.75, 3.05) is 10.8 Å². The predicted octanol–water partition coefficient (Wildman–Crippen LogP) is 5.30. The fraction of sp³-hybridized carbons (Fsp3) is 0.583. The molecule has 2 bridgehead atoms. The summed E-state index contributed by atoms with van der Waals surface area (Å²) in [7, 11) is 0. The summed E-state index contributed by atoms with van der Waals surface area (Å²) >= 11 is 5.99. The van der Waals surface area contributed by atoms with Crippen LogP contribution in [0, 0.1) is 40.9 Å². The van der Waals surface area contributed by atoms with Crippen LogP contribution in [-0.4, -0.2) is 17.7 Å². The highest BCUT2D eigenvalue weighted by Crippen LogP contribution is 2.65. The van der Waals surface area contributed by atoms with Crippen LogP contribution < -0.4 is 4.90 Å². The zero-order valence-corrected chi connectivity index (χ0v) is 17.8. The van der Waals surface area contributed by atoms with Crippen molar-refractivity contribution >= 4 is 29.1 Å². The second-order valence-corrected chi connectivity index (χ2v) is 9.95. The van der Waals surface area contributed by atoms with Gasteiger partial charge in [-0.2, -0.15) is 0 Å². The van der Waals surface area contributed by atoms with Gasteiger partial charge in [0.15, 0.2) is 0 Å². The summed E-state index contributed by atoms with van der Waals surface area (Å²) in [5.74, 6) is 1.62. The molecule has 3 aliphatic carbocycles. The number of hydrogen-bond acceptors (Lipinski definition) is 2. The van der Waals surface area contributed by atoms with Crippen molar-refractivity contribution in [3.63, 3.8) is 0 Å². The van der Waals surface area contributed by atoms with Crippen molar-refractivity contribution in [3.8, 4) is 0 Å². The van der Waals surface area contributed by atoms with E-state index in [2.05, 4.69) is 27.4 Å². The summed E-state index contributed by atoms with van der Waals surface area (Å²) in [6, 6.07) is 9.33. The number of nitrogens with zero attached hydrogens (tertiary/aromatic N) is 1. The van der Waals surface area contributed by atoms with Crippen LogP contribution in [0.3, 0.4) is 0 Å². The standard InChI is InChI=1S/C24H30ClNO2/c1-14(13-25)10-19-21(18-11-16-12-20(15(18)2)24(16,3)4)23(28)26(22(19)27)17-8-6-5-7-9-17/h5-9,15-16,18-21H,1,10-13H2,2-4H3/t15-,16+,18+,19?,20+,21?/m0/s1. The minimum Gasteiger partial charge on any atom is -0.274 e. The van der Waals surface area contributed by atoms with Crippen molar-refractivity contribution in [2.24, 2.45) is 40.9 Å². The maximum absolute atomic E-state index is 13.6. The quantitative estimate of drug-likeness (QED) is 0.383. The van der Waals surface area contributed by atoms with E-state index in [-0.39, 0.29) is 29.6 Å². The fourth-order valence-electron chi connectivity index (χ4n) is 6.31. The predicted molar refractivity (Wildman–Crippen MR) is 113 cm³/mol. The lowest BCUT2D eigenvalue weighted by Gasteiger charge is -2.63. The van der Waals surface area contributed by atoms with Gasteiger partial charge >= 0.3 is 0 Å². The number of anilines is 1. The van der Waals surface area contributed by atoms with Gasteiger partial charge in [0.1, 0.15) is 0 Å². The van der Waals surface area contributed by atoms with Crippen LogP contribution >= 0.6 is 11.6 Å². The average Bonchev–Trinajstić information content (AvgIpc) is 2.92. The molecular weight excluding hydrogens is 370 g/mol. The molecule has 0 N–H and O–H groups in total. The lowest BCUT2D eigenvalue weighted by molar-refractivity contribution is -0.152. The van der Waals surface area contributed by atoms with E-state index >= 15 is 0 Å². The van der Waals surface area contributed by atoms with E-state index in [9.17, 15) is 9.59 Å². The number of carbonyl (C=O) groups excluding carboxylic acids is 2. The Hall–Kier alpha value is -1.61. The van der Waals surface area contributed by atoms with Crippen LogP contribution in [0.1, 0.15) is 40.0 Å². The number of benzene rings is 1. The fourth-order valence-corrected chi connectivity index (χ4v) is 6.41. The van der Waals surface area contributed by atoms with Gasteiger partial charge in [-0.15, -0.1) is 11.6 Å². The Balaban J connectivity index is 1.68. The molecule has 0 spiro atoms. The van der Waals surface area contributed by atoms with E-state index in [0.717, 1.165) is 12.0 Å². The van der Waals surface area contributed by atoms with Gasteiger partial charge in [0.25, 0.3) is 0 Å². The van der Waals surface area contributed by atoms with Crippen LogP contribution in [0.25, 0.3) is 0 Å².